The van der Waals surface area contributed by atoms with Gasteiger partial charge in [-0.15, -0.1) is 0 Å². The van der Waals surface area contributed by atoms with E-state index < -0.39 is 17.8 Å². The highest BCUT2D eigenvalue weighted by atomic mass is 19.4. The highest BCUT2D eigenvalue weighted by molar-refractivity contribution is 5.65. The molecule has 3 atom stereocenters. The van der Waals surface area contributed by atoms with Crippen LogP contribution in [0, 0.1) is 17.8 Å². The number of ether oxygens (including phenoxy) is 1. The van der Waals surface area contributed by atoms with Crippen LogP contribution in [0.25, 0.3) is 0 Å². The Balaban J connectivity index is 1.58. The number of piperidine rings is 1. The standard InChI is InChI=1S/C13H13F3N2O3/c14-13(15,16)10-1-2-17-3-11(10)21-6-9-7-4-18(12(19)20)5-8(7)9/h1-3,7-9H,4-6H2,(H,19,20)/t7-,8+,9?. The maximum absolute atomic E-state index is 12.8. The zero-order valence-electron chi connectivity index (χ0n) is 10.9. The van der Waals surface area contributed by atoms with Crippen molar-refractivity contribution in [3.63, 3.8) is 0 Å². The lowest BCUT2D eigenvalue weighted by Gasteiger charge is -2.17. The Hall–Kier alpha value is -1.99. The zero-order valence-corrected chi connectivity index (χ0v) is 10.9. The summed E-state index contributed by atoms with van der Waals surface area (Å²) in [7, 11) is 0. The number of pyridine rings is 1. The topological polar surface area (TPSA) is 62.7 Å². The van der Waals surface area contributed by atoms with Crippen molar-refractivity contribution >= 4 is 6.09 Å². The maximum atomic E-state index is 12.8. The second kappa shape index (κ2) is 4.78. The van der Waals surface area contributed by atoms with Gasteiger partial charge in [0.25, 0.3) is 0 Å². The van der Waals surface area contributed by atoms with E-state index in [1.54, 1.807) is 0 Å². The summed E-state index contributed by atoms with van der Waals surface area (Å²) in [5.74, 6) is 0.256. The molecule has 1 saturated carbocycles. The van der Waals surface area contributed by atoms with Crippen LogP contribution >= 0.6 is 0 Å². The molecule has 0 spiro atoms. The van der Waals surface area contributed by atoms with Crippen molar-refractivity contribution in [3.8, 4) is 5.75 Å². The first-order valence-electron chi connectivity index (χ1n) is 6.50. The number of rotatable bonds is 3. The second-order valence-electron chi connectivity index (χ2n) is 5.36. The van der Waals surface area contributed by atoms with E-state index in [0.29, 0.717) is 13.1 Å². The van der Waals surface area contributed by atoms with E-state index >= 15 is 0 Å². The van der Waals surface area contributed by atoms with E-state index in [-0.39, 0.29) is 30.1 Å². The first-order chi connectivity index (χ1) is 9.88. The van der Waals surface area contributed by atoms with Gasteiger partial charge >= 0.3 is 12.3 Å². The van der Waals surface area contributed by atoms with Crippen LogP contribution < -0.4 is 4.74 Å². The Labute approximate surface area is 118 Å². The molecule has 1 aromatic rings. The van der Waals surface area contributed by atoms with E-state index in [0.717, 1.165) is 18.5 Å². The van der Waals surface area contributed by atoms with Gasteiger partial charge in [0.2, 0.25) is 0 Å². The summed E-state index contributed by atoms with van der Waals surface area (Å²) >= 11 is 0. The van der Waals surface area contributed by atoms with Crippen molar-refractivity contribution in [1.82, 2.24) is 9.88 Å². The van der Waals surface area contributed by atoms with E-state index in [4.69, 9.17) is 9.84 Å². The molecular weight excluding hydrogens is 289 g/mol. The van der Waals surface area contributed by atoms with Gasteiger partial charge in [0.1, 0.15) is 11.3 Å². The Morgan fingerprint density at radius 1 is 1.43 bits per heavy atom. The molecule has 1 aliphatic carbocycles. The molecule has 2 aliphatic rings. The summed E-state index contributed by atoms with van der Waals surface area (Å²) in [6, 6.07) is 0.884. The third-order valence-corrected chi connectivity index (χ3v) is 4.16. The van der Waals surface area contributed by atoms with Crippen molar-refractivity contribution in [1.29, 1.82) is 0 Å². The predicted octanol–water partition coefficient (Wildman–Crippen LogP) is 2.34. The molecule has 1 saturated heterocycles. The number of hydrogen-bond acceptors (Lipinski definition) is 3. The fourth-order valence-electron chi connectivity index (χ4n) is 2.97. The van der Waals surface area contributed by atoms with E-state index in [1.165, 1.54) is 4.90 Å². The minimum absolute atomic E-state index is 0.127. The number of aromatic nitrogens is 1. The minimum Gasteiger partial charge on any atom is -0.491 e. The molecule has 114 valence electrons. The number of carboxylic acid groups (broad SMARTS) is 1. The van der Waals surface area contributed by atoms with Crippen molar-refractivity contribution in [2.75, 3.05) is 19.7 Å². The smallest absolute Gasteiger partial charge is 0.420 e. The van der Waals surface area contributed by atoms with Gasteiger partial charge in [0, 0.05) is 25.2 Å². The number of alkyl halides is 3. The van der Waals surface area contributed by atoms with Gasteiger partial charge in [-0.2, -0.15) is 13.2 Å². The van der Waals surface area contributed by atoms with Gasteiger partial charge in [-0.05, 0) is 17.9 Å². The van der Waals surface area contributed by atoms with Gasteiger partial charge in [0.05, 0.1) is 12.8 Å². The predicted molar refractivity (Wildman–Crippen MR) is 64.8 cm³/mol. The van der Waals surface area contributed by atoms with Crippen molar-refractivity contribution in [3.05, 3.63) is 24.0 Å². The van der Waals surface area contributed by atoms with Crippen LogP contribution in [0.1, 0.15) is 5.56 Å². The lowest BCUT2D eigenvalue weighted by Crippen LogP contribution is -2.30. The lowest BCUT2D eigenvalue weighted by molar-refractivity contribution is -0.139. The number of hydrogen-bond donors (Lipinski definition) is 1. The third kappa shape index (κ3) is 2.62. The highest BCUT2D eigenvalue weighted by Gasteiger charge is 2.57. The van der Waals surface area contributed by atoms with Crippen LogP contribution in [-0.2, 0) is 6.18 Å². The normalized spacial score (nSPS) is 27.4. The molecule has 1 N–H and O–H groups in total. The number of likely N-dealkylation sites (tertiary alicyclic amines) is 1. The molecule has 1 aliphatic heterocycles. The molecule has 21 heavy (non-hydrogen) atoms. The van der Waals surface area contributed by atoms with Crippen LogP contribution in [0.2, 0.25) is 0 Å². The van der Waals surface area contributed by atoms with Crippen LogP contribution in [0.5, 0.6) is 5.75 Å². The van der Waals surface area contributed by atoms with Gasteiger partial charge in [0.15, 0.2) is 0 Å². The largest absolute Gasteiger partial charge is 0.491 e. The number of halogens is 3. The summed E-state index contributed by atoms with van der Waals surface area (Å²) in [6.45, 7) is 1.04. The molecule has 3 rings (SSSR count). The fourth-order valence-corrected chi connectivity index (χ4v) is 2.97. The monoisotopic (exact) mass is 302 g/mol. The van der Waals surface area contributed by atoms with E-state index in [2.05, 4.69) is 4.98 Å². The Morgan fingerprint density at radius 3 is 2.67 bits per heavy atom. The second-order valence-corrected chi connectivity index (χ2v) is 5.36. The summed E-state index contributed by atoms with van der Waals surface area (Å²) in [5, 5.41) is 8.83. The maximum Gasteiger partial charge on any atom is 0.420 e. The van der Waals surface area contributed by atoms with Crippen molar-refractivity contribution in [2.24, 2.45) is 17.8 Å². The number of amides is 1. The Kier molecular flexibility index (Phi) is 3.18. The molecule has 1 unspecified atom stereocenters. The molecule has 2 heterocycles. The van der Waals surface area contributed by atoms with Gasteiger partial charge in [-0.3, -0.25) is 4.98 Å². The van der Waals surface area contributed by atoms with Crippen LogP contribution in [0.3, 0.4) is 0 Å². The van der Waals surface area contributed by atoms with E-state index in [9.17, 15) is 18.0 Å². The summed E-state index contributed by atoms with van der Waals surface area (Å²) in [6.07, 6.45) is -3.29. The first kappa shape index (κ1) is 14.0. The lowest BCUT2D eigenvalue weighted by atomic mass is 10.2. The molecule has 1 amide bonds. The van der Waals surface area contributed by atoms with Crippen LogP contribution in [0.4, 0.5) is 18.0 Å². The van der Waals surface area contributed by atoms with E-state index in [1.807, 2.05) is 0 Å². The first-order valence-corrected chi connectivity index (χ1v) is 6.50. The molecule has 0 bridgehead atoms. The van der Waals surface area contributed by atoms with Gasteiger partial charge in [-0.25, -0.2) is 4.79 Å². The third-order valence-electron chi connectivity index (χ3n) is 4.16. The average Bonchev–Trinajstić information content (AvgIpc) is 2.86. The fraction of sp³-hybridized carbons (Fsp3) is 0.538. The SMILES string of the molecule is O=C(O)N1C[C@@H]2C(COc3cnccc3C(F)(F)F)[C@@H]2C1. The van der Waals surface area contributed by atoms with Crippen molar-refractivity contribution in [2.45, 2.75) is 6.18 Å². The summed E-state index contributed by atoms with van der Waals surface area (Å²) in [5.41, 5.74) is -0.838. The van der Waals surface area contributed by atoms with Gasteiger partial charge < -0.3 is 14.7 Å². The molecule has 1 aromatic heterocycles. The quantitative estimate of drug-likeness (QED) is 0.931. The van der Waals surface area contributed by atoms with Crippen LogP contribution in [0.15, 0.2) is 18.5 Å². The number of nitrogens with zero attached hydrogens (tertiary/aromatic N) is 2. The van der Waals surface area contributed by atoms with Crippen LogP contribution in [-0.4, -0.2) is 40.8 Å². The number of carbonyl (C=O) groups is 1. The molecular formula is C13H13F3N2O3. The Bertz CT molecular complexity index is 552. The molecule has 5 nitrogen and oxygen atoms in total. The molecule has 0 radical (unpaired) electrons. The molecule has 2 fully saturated rings. The summed E-state index contributed by atoms with van der Waals surface area (Å²) in [4.78, 5) is 15.8. The minimum atomic E-state index is -4.47. The molecule has 8 heteroatoms. The zero-order chi connectivity index (χ0) is 15.2. The molecule has 0 aromatic carbocycles. The van der Waals surface area contributed by atoms with Gasteiger partial charge in [-0.1, -0.05) is 0 Å². The van der Waals surface area contributed by atoms with Crippen molar-refractivity contribution < 1.29 is 27.8 Å². The highest BCUT2D eigenvalue weighted by Crippen LogP contribution is 2.52. The summed E-state index contributed by atoms with van der Waals surface area (Å²) < 4.78 is 43.6. The Morgan fingerprint density at radius 2 is 2.10 bits per heavy atom. The number of fused-ring (bicyclic) bond motifs is 1. The average molecular weight is 302 g/mol.